The molecule has 108 valence electrons. The van der Waals surface area contributed by atoms with Crippen LogP contribution in [0.1, 0.15) is 10.4 Å². The molecule has 0 saturated heterocycles. The molecule has 2 aromatic rings. The van der Waals surface area contributed by atoms with E-state index in [1.54, 1.807) is 0 Å². The first-order chi connectivity index (χ1) is 9.95. The van der Waals surface area contributed by atoms with Crippen LogP contribution >= 0.6 is 23.8 Å². The highest BCUT2D eigenvalue weighted by Crippen LogP contribution is 2.19. The van der Waals surface area contributed by atoms with Crippen molar-refractivity contribution < 1.29 is 13.6 Å². The zero-order chi connectivity index (χ0) is 15.4. The normalized spacial score (nSPS) is 10.0. The maximum Gasteiger partial charge on any atom is 0.257 e. The molecule has 0 bridgehead atoms. The first kappa shape index (κ1) is 15.3. The molecule has 0 aliphatic carbocycles. The van der Waals surface area contributed by atoms with Gasteiger partial charge in [0.2, 0.25) is 0 Å². The Morgan fingerprint density at radius 3 is 2.57 bits per heavy atom. The van der Waals surface area contributed by atoms with Crippen LogP contribution in [-0.4, -0.2) is 11.0 Å². The van der Waals surface area contributed by atoms with E-state index in [9.17, 15) is 13.6 Å². The molecule has 21 heavy (non-hydrogen) atoms. The number of benzene rings is 2. The van der Waals surface area contributed by atoms with Gasteiger partial charge in [-0.3, -0.25) is 10.1 Å². The fourth-order valence-electron chi connectivity index (χ4n) is 1.54. The van der Waals surface area contributed by atoms with Gasteiger partial charge in [0.15, 0.2) is 5.11 Å². The molecular formula is C14H9ClF2N2OS. The molecule has 1 amide bonds. The van der Waals surface area contributed by atoms with Crippen LogP contribution in [0.4, 0.5) is 14.5 Å². The Labute approximate surface area is 129 Å². The summed E-state index contributed by atoms with van der Waals surface area (Å²) in [6.07, 6.45) is 0. The number of hydrogen-bond donors (Lipinski definition) is 2. The molecule has 7 heteroatoms. The SMILES string of the molecule is O=C(NC(=S)Nc1ccc(F)c(Cl)c1)c1cccc(F)c1. The second-order valence-electron chi connectivity index (χ2n) is 4.05. The van der Waals surface area contributed by atoms with E-state index in [1.165, 1.54) is 36.4 Å². The molecule has 0 saturated carbocycles. The van der Waals surface area contributed by atoms with Crippen molar-refractivity contribution in [3.05, 3.63) is 64.7 Å². The third-order valence-electron chi connectivity index (χ3n) is 2.49. The van der Waals surface area contributed by atoms with Gasteiger partial charge in [0, 0.05) is 11.3 Å². The first-order valence-corrected chi connectivity index (χ1v) is 6.57. The second-order valence-corrected chi connectivity index (χ2v) is 4.86. The molecule has 0 atom stereocenters. The third kappa shape index (κ3) is 4.21. The van der Waals surface area contributed by atoms with E-state index in [0.717, 1.165) is 6.07 Å². The Balaban J connectivity index is 2.01. The lowest BCUT2D eigenvalue weighted by Gasteiger charge is -2.10. The van der Waals surface area contributed by atoms with E-state index in [1.807, 2.05) is 0 Å². The average Bonchev–Trinajstić information content (AvgIpc) is 2.43. The van der Waals surface area contributed by atoms with Crippen molar-refractivity contribution >= 4 is 40.5 Å². The fourth-order valence-corrected chi connectivity index (χ4v) is 1.93. The highest BCUT2D eigenvalue weighted by Gasteiger charge is 2.09. The minimum Gasteiger partial charge on any atom is -0.332 e. The number of anilines is 1. The third-order valence-corrected chi connectivity index (χ3v) is 2.99. The zero-order valence-corrected chi connectivity index (χ0v) is 12.1. The number of halogens is 3. The van der Waals surface area contributed by atoms with Crippen molar-refractivity contribution in [2.24, 2.45) is 0 Å². The van der Waals surface area contributed by atoms with Gasteiger partial charge in [0.25, 0.3) is 5.91 Å². The van der Waals surface area contributed by atoms with Crippen molar-refractivity contribution in [3.63, 3.8) is 0 Å². The van der Waals surface area contributed by atoms with Gasteiger partial charge in [0.05, 0.1) is 5.02 Å². The minimum atomic E-state index is -0.558. The Hall–Kier alpha value is -2.05. The summed E-state index contributed by atoms with van der Waals surface area (Å²) in [6, 6.07) is 9.11. The van der Waals surface area contributed by atoms with E-state index < -0.39 is 17.5 Å². The molecule has 2 N–H and O–H groups in total. The van der Waals surface area contributed by atoms with Gasteiger partial charge in [-0.1, -0.05) is 17.7 Å². The van der Waals surface area contributed by atoms with Gasteiger partial charge in [-0.05, 0) is 48.6 Å². The smallest absolute Gasteiger partial charge is 0.257 e. The Bertz CT molecular complexity index is 709. The van der Waals surface area contributed by atoms with Crippen LogP contribution in [0.3, 0.4) is 0 Å². The first-order valence-electron chi connectivity index (χ1n) is 5.78. The van der Waals surface area contributed by atoms with E-state index in [0.29, 0.717) is 5.69 Å². The number of hydrogen-bond acceptors (Lipinski definition) is 2. The van der Waals surface area contributed by atoms with Gasteiger partial charge in [0.1, 0.15) is 11.6 Å². The maximum atomic E-state index is 13.0. The zero-order valence-electron chi connectivity index (χ0n) is 10.5. The lowest BCUT2D eigenvalue weighted by molar-refractivity contribution is 0.0977. The van der Waals surface area contributed by atoms with Gasteiger partial charge in [-0.2, -0.15) is 0 Å². The van der Waals surface area contributed by atoms with Gasteiger partial charge < -0.3 is 5.32 Å². The summed E-state index contributed by atoms with van der Waals surface area (Å²) in [4.78, 5) is 11.8. The average molecular weight is 327 g/mol. The number of amides is 1. The molecule has 0 heterocycles. The standard InChI is InChI=1S/C14H9ClF2N2OS/c15-11-7-10(4-5-12(11)17)18-14(21)19-13(20)8-2-1-3-9(16)6-8/h1-7H,(H2,18,19,20,21). The lowest BCUT2D eigenvalue weighted by Crippen LogP contribution is -2.34. The summed E-state index contributed by atoms with van der Waals surface area (Å²) in [5.74, 6) is -1.64. The van der Waals surface area contributed by atoms with E-state index in [2.05, 4.69) is 10.6 Å². The van der Waals surface area contributed by atoms with Gasteiger partial charge in [-0.15, -0.1) is 0 Å². The molecule has 0 aliphatic rings. The summed E-state index contributed by atoms with van der Waals surface area (Å²) < 4.78 is 26.0. The van der Waals surface area contributed by atoms with Crippen LogP contribution < -0.4 is 10.6 Å². The number of thiocarbonyl (C=S) groups is 1. The molecule has 0 aromatic heterocycles. The van der Waals surface area contributed by atoms with Crippen molar-refractivity contribution in [2.75, 3.05) is 5.32 Å². The van der Waals surface area contributed by atoms with Gasteiger partial charge >= 0.3 is 0 Å². The number of rotatable bonds is 2. The monoisotopic (exact) mass is 326 g/mol. The van der Waals surface area contributed by atoms with E-state index in [-0.39, 0.29) is 15.7 Å². The Kier molecular flexibility index (Phi) is 4.82. The molecule has 0 aliphatic heterocycles. The summed E-state index contributed by atoms with van der Waals surface area (Å²) in [5.41, 5.74) is 0.558. The van der Waals surface area contributed by atoms with Crippen LogP contribution in [0.25, 0.3) is 0 Å². The minimum absolute atomic E-state index is 0.00747. The predicted octanol–water partition coefficient (Wildman–Crippen LogP) is 3.75. The Morgan fingerprint density at radius 2 is 1.90 bits per heavy atom. The maximum absolute atomic E-state index is 13.0. The van der Waals surface area contributed by atoms with Crippen molar-refractivity contribution in [1.29, 1.82) is 0 Å². The van der Waals surface area contributed by atoms with E-state index in [4.69, 9.17) is 23.8 Å². The van der Waals surface area contributed by atoms with Gasteiger partial charge in [-0.25, -0.2) is 8.78 Å². The van der Waals surface area contributed by atoms with Crippen LogP contribution in [0.2, 0.25) is 5.02 Å². The lowest BCUT2D eigenvalue weighted by atomic mass is 10.2. The molecule has 0 unspecified atom stereocenters. The van der Waals surface area contributed by atoms with Crippen LogP contribution in [-0.2, 0) is 0 Å². The Morgan fingerprint density at radius 1 is 1.14 bits per heavy atom. The van der Waals surface area contributed by atoms with Crippen molar-refractivity contribution in [1.82, 2.24) is 5.32 Å². The fraction of sp³-hybridized carbons (Fsp3) is 0. The summed E-state index contributed by atoms with van der Waals surface area (Å²) in [5, 5.41) is 4.99. The number of carbonyl (C=O) groups is 1. The highest BCUT2D eigenvalue weighted by molar-refractivity contribution is 7.80. The largest absolute Gasteiger partial charge is 0.332 e. The highest BCUT2D eigenvalue weighted by atomic mass is 35.5. The van der Waals surface area contributed by atoms with Crippen LogP contribution in [0.15, 0.2) is 42.5 Å². The molecule has 3 nitrogen and oxygen atoms in total. The number of nitrogens with one attached hydrogen (secondary N) is 2. The number of carbonyl (C=O) groups excluding carboxylic acids is 1. The van der Waals surface area contributed by atoms with E-state index >= 15 is 0 Å². The van der Waals surface area contributed by atoms with Crippen LogP contribution in [0.5, 0.6) is 0 Å². The molecule has 2 aromatic carbocycles. The van der Waals surface area contributed by atoms with Crippen molar-refractivity contribution in [3.8, 4) is 0 Å². The second kappa shape index (κ2) is 6.60. The summed E-state index contributed by atoms with van der Waals surface area (Å²) in [7, 11) is 0. The molecule has 0 fully saturated rings. The topological polar surface area (TPSA) is 41.1 Å². The van der Waals surface area contributed by atoms with Crippen molar-refractivity contribution in [2.45, 2.75) is 0 Å². The quantitative estimate of drug-likeness (QED) is 0.826. The predicted molar refractivity (Wildman–Crippen MR) is 81.5 cm³/mol. The molecule has 0 spiro atoms. The molecule has 2 rings (SSSR count). The molecular weight excluding hydrogens is 318 g/mol. The molecule has 0 radical (unpaired) electrons. The summed E-state index contributed by atoms with van der Waals surface area (Å²) in [6.45, 7) is 0. The van der Waals surface area contributed by atoms with Crippen LogP contribution in [0, 0.1) is 11.6 Å². The summed E-state index contributed by atoms with van der Waals surface area (Å²) >= 11 is 10.6.